The molecule has 0 amide bonds. The van der Waals surface area contributed by atoms with Crippen molar-refractivity contribution < 1.29 is 19.8 Å². The number of hydrogen-bond donors (Lipinski definition) is 2. The lowest BCUT2D eigenvalue weighted by Crippen LogP contribution is -2.25. The van der Waals surface area contributed by atoms with Crippen molar-refractivity contribution in [3.63, 3.8) is 0 Å². The van der Waals surface area contributed by atoms with Gasteiger partial charge in [0.25, 0.3) is 0 Å². The lowest BCUT2D eigenvalue weighted by molar-refractivity contribution is -0.154. The molecule has 0 radical (unpaired) electrons. The van der Waals surface area contributed by atoms with Gasteiger partial charge in [-0.2, -0.15) is 0 Å². The molecule has 3 rings (SSSR count). The van der Waals surface area contributed by atoms with Crippen molar-refractivity contribution in [2.75, 3.05) is 0 Å². The molecule has 106 valence electrons. The van der Waals surface area contributed by atoms with Crippen molar-refractivity contribution in [1.82, 2.24) is 0 Å². The van der Waals surface area contributed by atoms with Crippen LogP contribution >= 0.6 is 0 Å². The van der Waals surface area contributed by atoms with Gasteiger partial charge >= 0.3 is 11.9 Å². The van der Waals surface area contributed by atoms with Crippen LogP contribution in [0.1, 0.15) is 23.5 Å². The number of benzene rings is 2. The minimum Gasteiger partial charge on any atom is -0.481 e. The summed E-state index contributed by atoms with van der Waals surface area (Å²) in [5, 5.41) is 18.2. The van der Waals surface area contributed by atoms with Crippen LogP contribution in [0.25, 0.3) is 11.1 Å². The Hall–Kier alpha value is -2.62. The highest BCUT2D eigenvalue weighted by Crippen LogP contribution is 2.47. The molecule has 1 aliphatic rings. The molecule has 21 heavy (non-hydrogen) atoms. The summed E-state index contributed by atoms with van der Waals surface area (Å²) in [6, 6.07) is 15.5. The van der Waals surface area contributed by atoms with Crippen molar-refractivity contribution in [3.05, 3.63) is 59.7 Å². The second-order valence-electron chi connectivity index (χ2n) is 5.19. The zero-order valence-electron chi connectivity index (χ0n) is 11.2. The van der Waals surface area contributed by atoms with Gasteiger partial charge in [0.1, 0.15) is 0 Å². The quantitative estimate of drug-likeness (QED) is 0.845. The molecule has 0 fully saturated rings. The van der Waals surface area contributed by atoms with Crippen molar-refractivity contribution >= 4 is 11.9 Å². The second-order valence-corrected chi connectivity index (χ2v) is 5.19. The zero-order chi connectivity index (χ0) is 15.0. The lowest BCUT2D eigenvalue weighted by atomic mass is 9.87. The van der Waals surface area contributed by atoms with E-state index in [2.05, 4.69) is 0 Å². The van der Waals surface area contributed by atoms with Crippen LogP contribution in [-0.4, -0.2) is 22.2 Å². The maximum Gasteiger partial charge on any atom is 0.317 e. The minimum absolute atomic E-state index is 0.0681. The normalized spacial score (nSPS) is 13.0. The van der Waals surface area contributed by atoms with Crippen LogP contribution in [0.3, 0.4) is 0 Å². The molecule has 2 aromatic rings. The predicted octanol–water partition coefficient (Wildman–Crippen LogP) is 2.97. The maximum absolute atomic E-state index is 11.2. The molecule has 2 N–H and O–H groups in total. The van der Waals surface area contributed by atoms with Crippen molar-refractivity contribution in [1.29, 1.82) is 0 Å². The van der Waals surface area contributed by atoms with Gasteiger partial charge in [0, 0.05) is 5.92 Å². The molecule has 0 saturated carbocycles. The molecule has 0 spiro atoms. The Morgan fingerprint density at radius 2 is 1.29 bits per heavy atom. The first-order valence-corrected chi connectivity index (χ1v) is 6.73. The fourth-order valence-electron chi connectivity index (χ4n) is 3.06. The number of fused-ring (bicyclic) bond motifs is 3. The fourth-order valence-corrected chi connectivity index (χ4v) is 3.06. The molecule has 0 atom stereocenters. The van der Waals surface area contributed by atoms with Crippen molar-refractivity contribution in [2.24, 2.45) is 5.92 Å². The second kappa shape index (κ2) is 5.05. The summed E-state index contributed by atoms with van der Waals surface area (Å²) in [7, 11) is 0. The standard InChI is InChI=1S/C17H14O4/c18-16(19)15(17(20)21)9-14-12-7-3-1-5-10(12)11-6-2-4-8-13(11)14/h1-8,14-15H,9H2,(H,18,19)(H,20,21). The summed E-state index contributed by atoms with van der Waals surface area (Å²) in [6.45, 7) is 0. The summed E-state index contributed by atoms with van der Waals surface area (Å²) in [5.74, 6) is -4.16. The Morgan fingerprint density at radius 3 is 1.71 bits per heavy atom. The van der Waals surface area contributed by atoms with E-state index >= 15 is 0 Å². The molecule has 0 saturated heterocycles. The maximum atomic E-state index is 11.2. The number of carboxylic acid groups (broad SMARTS) is 2. The SMILES string of the molecule is O=C(O)C(CC1c2ccccc2-c2ccccc21)C(=O)O. The Labute approximate surface area is 121 Å². The molecular weight excluding hydrogens is 268 g/mol. The van der Waals surface area contributed by atoms with Crippen LogP contribution < -0.4 is 0 Å². The van der Waals surface area contributed by atoms with Crippen LogP contribution in [0.2, 0.25) is 0 Å². The molecule has 2 aromatic carbocycles. The molecule has 0 aromatic heterocycles. The molecular formula is C17H14O4. The summed E-state index contributed by atoms with van der Waals surface area (Å²) < 4.78 is 0. The number of carbonyl (C=O) groups is 2. The number of hydrogen-bond acceptors (Lipinski definition) is 2. The molecule has 0 unspecified atom stereocenters. The van der Waals surface area contributed by atoms with Crippen LogP contribution in [0, 0.1) is 5.92 Å². The van der Waals surface area contributed by atoms with Crippen molar-refractivity contribution in [3.8, 4) is 11.1 Å². The summed E-state index contributed by atoms with van der Waals surface area (Å²) in [5.41, 5.74) is 4.14. The molecule has 4 heteroatoms. The van der Waals surface area contributed by atoms with Gasteiger partial charge in [0.2, 0.25) is 0 Å². The van der Waals surface area contributed by atoms with Gasteiger partial charge in [-0.15, -0.1) is 0 Å². The van der Waals surface area contributed by atoms with Crippen molar-refractivity contribution in [2.45, 2.75) is 12.3 Å². The Bertz CT molecular complexity index is 661. The highest BCUT2D eigenvalue weighted by Gasteiger charge is 2.35. The van der Waals surface area contributed by atoms with Crippen LogP contribution in [0.15, 0.2) is 48.5 Å². The molecule has 1 aliphatic carbocycles. The molecule has 0 bridgehead atoms. The predicted molar refractivity (Wildman–Crippen MR) is 77.1 cm³/mol. The third kappa shape index (κ3) is 2.18. The van der Waals surface area contributed by atoms with E-state index in [1.165, 1.54) is 0 Å². The summed E-state index contributed by atoms with van der Waals surface area (Å²) in [4.78, 5) is 22.3. The van der Waals surface area contributed by atoms with Crippen LogP contribution in [0.4, 0.5) is 0 Å². The van der Waals surface area contributed by atoms with E-state index in [-0.39, 0.29) is 12.3 Å². The first-order valence-electron chi connectivity index (χ1n) is 6.73. The monoisotopic (exact) mass is 282 g/mol. The highest BCUT2D eigenvalue weighted by atomic mass is 16.4. The Morgan fingerprint density at radius 1 is 0.857 bits per heavy atom. The van der Waals surface area contributed by atoms with Crippen LogP contribution in [-0.2, 0) is 9.59 Å². The lowest BCUT2D eigenvalue weighted by Gasteiger charge is -2.16. The van der Waals surface area contributed by atoms with Gasteiger partial charge in [-0.25, -0.2) is 0 Å². The Kier molecular flexibility index (Phi) is 3.22. The van der Waals surface area contributed by atoms with E-state index in [0.29, 0.717) is 0 Å². The topological polar surface area (TPSA) is 74.6 Å². The van der Waals surface area contributed by atoms with Gasteiger partial charge in [0.05, 0.1) is 0 Å². The fraction of sp³-hybridized carbons (Fsp3) is 0.176. The summed E-state index contributed by atoms with van der Waals surface area (Å²) in [6.07, 6.45) is 0.0681. The third-order valence-electron chi connectivity index (χ3n) is 4.03. The smallest absolute Gasteiger partial charge is 0.317 e. The number of aliphatic carboxylic acids is 2. The number of rotatable bonds is 4. The molecule has 4 nitrogen and oxygen atoms in total. The first kappa shape index (κ1) is 13.4. The van der Waals surface area contributed by atoms with E-state index in [9.17, 15) is 9.59 Å². The van der Waals surface area contributed by atoms with Gasteiger partial charge in [-0.05, 0) is 28.7 Å². The summed E-state index contributed by atoms with van der Waals surface area (Å²) >= 11 is 0. The Balaban J connectivity index is 2.06. The highest BCUT2D eigenvalue weighted by molar-refractivity contribution is 5.93. The molecule has 0 aliphatic heterocycles. The largest absolute Gasteiger partial charge is 0.481 e. The van der Waals surface area contributed by atoms with Gasteiger partial charge in [0.15, 0.2) is 5.92 Å². The average Bonchev–Trinajstić information content (AvgIpc) is 2.78. The van der Waals surface area contributed by atoms with Gasteiger partial charge in [-0.1, -0.05) is 48.5 Å². The average molecular weight is 282 g/mol. The minimum atomic E-state index is -1.39. The molecule has 0 heterocycles. The van der Waals surface area contributed by atoms with Gasteiger partial charge in [-0.3, -0.25) is 9.59 Å². The number of carboxylic acids is 2. The van der Waals surface area contributed by atoms with E-state index < -0.39 is 17.9 Å². The van der Waals surface area contributed by atoms with Crippen LogP contribution in [0.5, 0.6) is 0 Å². The van der Waals surface area contributed by atoms with E-state index in [0.717, 1.165) is 22.3 Å². The first-order chi connectivity index (χ1) is 10.1. The third-order valence-corrected chi connectivity index (χ3v) is 4.03. The van der Waals surface area contributed by atoms with Gasteiger partial charge < -0.3 is 10.2 Å². The van der Waals surface area contributed by atoms with E-state index in [4.69, 9.17) is 10.2 Å². The van der Waals surface area contributed by atoms with E-state index in [1.807, 2.05) is 48.5 Å². The zero-order valence-corrected chi connectivity index (χ0v) is 11.2. The van der Waals surface area contributed by atoms with E-state index in [1.54, 1.807) is 0 Å².